The second-order valence-electron chi connectivity index (χ2n) is 15.2. The number of amides is 4. The van der Waals surface area contributed by atoms with Gasteiger partial charge in [-0.25, -0.2) is 0 Å². The van der Waals surface area contributed by atoms with E-state index in [1.54, 1.807) is 72.8 Å². The fourth-order valence-corrected chi connectivity index (χ4v) is 10.2. The largest absolute Gasteiger partial charge is 0.508 e. The molecule has 5 aromatic carbocycles. The second kappa shape index (κ2) is 15.1. The number of hydrogen-bond donors (Lipinski definition) is 2. The molecule has 1 saturated carbocycles. The maximum absolute atomic E-state index is 15.6. The van der Waals surface area contributed by atoms with Crippen LogP contribution >= 0.6 is 34.8 Å². The van der Waals surface area contributed by atoms with Gasteiger partial charge in [-0.05, 0) is 90.6 Å². The number of carbonyl (C=O) groups excluding carboxylic acids is 4. The standard InChI is InChI=1S/C46H36Cl3N3O7/c1-58-30-14-7-26(8-15-30)46-36(43(55)52(45(46)57)50-38-20-11-28(48)21-37(38)49)23-35-32(18-19-34-40(35)44(56)51(42(34)54)29-12-9-27(47)10-13-29)41(46)33-17-16-31(22-39(33)53)59-24-25-5-3-2-4-6-25/h2-18,20-22,34-36,40-41,50,53H,19,23-24H2,1H3. The Bertz CT molecular complexity index is 2550. The summed E-state index contributed by atoms with van der Waals surface area (Å²) >= 11 is 19.0. The van der Waals surface area contributed by atoms with Crippen molar-refractivity contribution in [3.63, 3.8) is 0 Å². The number of methoxy groups -OCH3 is 1. The molecule has 2 aliphatic heterocycles. The molecule has 2 N–H and O–H groups in total. The maximum atomic E-state index is 15.6. The van der Waals surface area contributed by atoms with Crippen LogP contribution in [0.4, 0.5) is 11.4 Å². The van der Waals surface area contributed by atoms with E-state index >= 15 is 9.59 Å². The van der Waals surface area contributed by atoms with Gasteiger partial charge in [0.05, 0.1) is 46.7 Å². The number of hydrazine groups is 1. The molecule has 6 atom stereocenters. The van der Waals surface area contributed by atoms with Gasteiger partial charge in [0.25, 0.3) is 11.8 Å². The molecule has 3 fully saturated rings. The first-order valence-electron chi connectivity index (χ1n) is 19.1. The Morgan fingerprint density at radius 2 is 1.49 bits per heavy atom. The monoisotopic (exact) mass is 847 g/mol. The van der Waals surface area contributed by atoms with Crippen LogP contribution in [0.5, 0.6) is 17.2 Å². The molecule has 2 saturated heterocycles. The fraction of sp³-hybridized carbons (Fsp3) is 0.217. The highest BCUT2D eigenvalue weighted by Crippen LogP contribution is 2.65. The highest BCUT2D eigenvalue weighted by atomic mass is 35.5. The molecule has 5 aromatic rings. The molecular weight excluding hydrogens is 813 g/mol. The van der Waals surface area contributed by atoms with E-state index in [1.165, 1.54) is 24.1 Å². The van der Waals surface area contributed by atoms with E-state index in [-0.39, 0.29) is 41.8 Å². The summed E-state index contributed by atoms with van der Waals surface area (Å²) in [5.41, 5.74) is 4.46. The topological polar surface area (TPSA) is 125 Å². The summed E-state index contributed by atoms with van der Waals surface area (Å²) in [6.07, 6.45) is 2.19. The summed E-state index contributed by atoms with van der Waals surface area (Å²) in [5.74, 6) is -5.42. The predicted octanol–water partition coefficient (Wildman–Crippen LogP) is 9.13. The Morgan fingerprint density at radius 1 is 0.780 bits per heavy atom. The summed E-state index contributed by atoms with van der Waals surface area (Å²) in [7, 11) is 1.53. The molecule has 4 amide bonds. The van der Waals surface area contributed by atoms with Gasteiger partial charge < -0.3 is 14.6 Å². The summed E-state index contributed by atoms with van der Waals surface area (Å²) in [5, 5.41) is 14.1. The number of phenolic OH excluding ortho intramolecular Hbond substituents is 1. The zero-order chi connectivity index (χ0) is 41.2. The fourth-order valence-electron chi connectivity index (χ4n) is 9.63. The van der Waals surface area contributed by atoms with Gasteiger partial charge in [0.1, 0.15) is 23.9 Å². The third-order valence-corrected chi connectivity index (χ3v) is 13.0. The van der Waals surface area contributed by atoms with Gasteiger partial charge in [0.2, 0.25) is 11.8 Å². The summed E-state index contributed by atoms with van der Waals surface area (Å²) < 4.78 is 11.6. The zero-order valence-corrected chi connectivity index (χ0v) is 33.7. The predicted molar refractivity (Wildman–Crippen MR) is 223 cm³/mol. The molecule has 4 aliphatic rings. The molecule has 2 aliphatic carbocycles. The first kappa shape index (κ1) is 38.7. The third-order valence-electron chi connectivity index (χ3n) is 12.2. The number of phenols is 1. The van der Waals surface area contributed by atoms with Crippen LogP contribution in [0.25, 0.3) is 0 Å². The molecule has 9 rings (SSSR count). The van der Waals surface area contributed by atoms with Crippen LogP contribution in [-0.4, -0.2) is 40.9 Å². The maximum Gasteiger partial charge on any atom is 0.260 e. The minimum absolute atomic E-state index is 0.0547. The molecule has 298 valence electrons. The van der Waals surface area contributed by atoms with Crippen LogP contribution in [0.1, 0.15) is 35.4 Å². The van der Waals surface area contributed by atoms with Crippen molar-refractivity contribution in [1.82, 2.24) is 5.01 Å². The van der Waals surface area contributed by atoms with Crippen LogP contribution in [-0.2, 0) is 31.2 Å². The van der Waals surface area contributed by atoms with Crippen molar-refractivity contribution >= 4 is 69.8 Å². The van der Waals surface area contributed by atoms with Crippen molar-refractivity contribution in [3.8, 4) is 17.2 Å². The van der Waals surface area contributed by atoms with Crippen LogP contribution < -0.4 is 19.8 Å². The van der Waals surface area contributed by atoms with E-state index in [2.05, 4.69) is 5.43 Å². The van der Waals surface area contributed by atoms with E-state index in [0.29, 0.717) is 43.9 Å². The third kappa shape index (κ3) is 6.32. The van der Waals surface area contributed by atoms with E-state index < -0.39 is 52.7 Å². The number of allylic oxidation sites excluding steroid dienone is 2. The molecule has 10 nitrogen and oxygen atoms in total. The Hall–Kier alpha value is -5.81. The van der Waals surface area contributed by atoms with Gasteiger partial charge in [-0.3, -0.25) is 29.5 Å². The van der Waals surface area contributed by atoms with E-state index in [0.717, 1.165) is 10.6 Å². The van der Waals surface area contributed by atoms with E-state index in [9.17, 15) is 14.7 Å². The Morgan fingerprint density at radius 3 is 2.19 bits per heavy atom. The lowest BCUT2D eigenvalue weighted by atomic mass is 9.49. The number of imide groups is 2. The lowest BCUT2D eigenvalue weighted by molar-refractivity contribution is -0.138. The lowest BCUT2D eigenvalue weighted by Gasteiger charge is -2.50. The number of carbonyl (C=O) groups is 4. The minimum Gasteiger partial charge on any atom is -0.508 e. The quantitative estimate of drug-likeness (QED) is 0.111. The first-order valence-corrected chi connectivity index (χ1v) is 20.2. The molecular formula is C46H36Cl3N3O7. The van der Waals surface area contributed by atoms with Crippen LogP contribution in [0.2, 0.25) is 15.1 Å². The molecule has 0 bridgehead atoms. The van der Waals surface area contributed by atoms with Crippen LogP contribution in [0, 0.1) is 23.7 Å². The number of nitrogens with one attached hydrogen (secondary N) is 1. The summed E-state index contributed by atoms with van der Waals surface area (Å²) in [6, 6.07) is 32.7. The SMILES string of the molecule is COc1ccc(C23C(=O)N(Nc4ccc(Cl)cc4Cl)C(=O)C2CC2C(=CCC4C(=O)N(c5ccc(Cl)cc5)C(=O)C42)C3c2ccc(OCc3ccccc3)cc2O)cc1. The van der Waals surface area contributed by atoms with Gasteiger partial charge in [0.15, 0.2) is 0 Å². The number of benzene rings is 5. The smallest absolute Gasteiger partial charge is 0.260 e. The van der Waals surface area contributed by atoms with Gasteiger partial charge in [-0.15, -0.1) is 0 Å². The van der Waals surface area contributed by atoms with Crippen LogP contribution in [0.15, 0.2) is 127 Å². The minimum atomic E-state index is -1.66. The normalized spacial score (nSPS) is 24.7. The second-order valence-corrected chi connectivity index (χ2v) is 16.5. The molecule has 0 aromatic heterocycles. The summed E-state index contributed by atoms with van der Waals surface area (Å²) in [6.45, 7) is 0.248. The molecule has 0 radical (unpaired) electrons. The zero-order valence-electron chi connectivity index (χ0n) is 31.5. The lowest BCUT2D eigenvalue weighted by Crippen LogP contribution is -2.53. The van der Waals surface area contributed by atoms with Crippen molar-refractivity contribution in [3.05, 3.63) is 159 Å². The molecule has 59 heavy (non-hydrogen) atoms. The number of fused-ring (bicyclic) bond motifs is 4. The van der Waals surface area contributed by atoms with Gasteiger partial charge in [-0.1, -0.05) is 95.0 Å². The molecule has 6 unspecified atom stereocenters. The highest BCUT2D eigenvalue weighted by Gasteiger charge is 2.70. The molecule has 13 heteroatoms. The number of anilines is 2. The van der Waals surface area contributed by atoms with Crippen LogP contribution in [0.3, 0.4) is 0 Å². The highest BCUT2D eigenvalue weighted by molar-refractivity contribution is 6.36. The Labute approximate surface area is 354 Å². The number of hydrogen-bond acceptors (Lipinski definition) is 8. The van der Waals surface area contributed by atoms with Gasteiger partial charge >= 0.3 is 0 Å². The van der Waals surface area contributed by atoms with Gasteiger partial charge in [0, 0.05) is 27.6 Å². The van der Waals surface area contributed by atoms with Crippen molar-refractivity contribution in [2.45, 2.75) is 30.8 Å². The first-order chi connectivity index (χ1) is 28.5. The average Bonchev–Trinajstić information content (AvgIpc) is 3.62. The molecule has 0 spiro atoms. The van der Waals surface area contributed by atoms with E-state index in [1.807, 2.05) is 36.4 Å². The van der Waals surface area contributed by atoms with Crippen molar-refractivity contribution in [1.29, 1.82) is 0 Å². The number of nitrogens with zero attached hydrogens (tertiary/aromatic N) is 2. The Kier molecular flexibility index (Phi) is 9.90. The summed E-state index contributed by atoms with van der Waals surface area (Å²) in [4.78, 5) is 60.6. The van der Waals surface area contributed by atoms with Gasteiger partial charge in [-0.2, -0.15) is 5.01 Å². The van der Waals surface area contributed by atoms with Crippen molar-refractivity contribution in [2.24, 2.45) is 23.7 Å². The number of halogens is 3. The number of aromatic hydroxyl groups is 1. The molecule has 2 heterocycles. The average molecular weight is 849 g/mol. The van der Waals surface area contributed by atoms with Crippen molar-refractivity contribution < 1.29 is 33.8 Å². The van der Waals surface area contributed by atoms with E-state index in [4.69, 9.17) is 44.3 Å². The number of rotatable bonds is 9. The number of ether oxygens (including phenoxy) is 2. The Balaban J connectivity index is 1.21. The van der Waals surface area contributed by atoms with Crippen molar-refractivity contribution in [2.75, 3.05) is 17.4 Å².